The van der Waals surface area contributed by atoms with Gasteiger partial charge in [-0.25, -0.2) is 4.79 Å². The molecular weight excluding hydrogens is 268 g/mol. The van der Waals surface area contributed by atoms with Crippen molar-refractivity contribution in [3.63, 3.8) is 0 Å². The van der Waals surface area contributed by atoms with Crippen molar-refractivity contribution in [2.24, 2.45) is 0 Å². The minimum Gasteiger partial charge on any atom is -0.507 e. The molecule has 0 aromatic heterocycles. The number of fused-ring (bicyclic) bond motifs is 1. The molecule has 0 radical (unpaired) electrons. The number of ether oxygens (including phenoxy) is 2. The van der Waals surface area contributed by atoms with E-state index in [1.54, 1.807) is 37.3 Å². The van der Waals surface area contributed by atoms with Crippen molar-refractivity contribution in [1.29, 1.82) is 0 Å². The summed E-state index contributed by atoms with van der Waals surface area (Å²) in [5.41, 5.74) is 0. The Morgan fingerprint density at radius 1 is 1.14 bits per heavy atom. The molecule has 2 aromatic carbocycles. The molecule has 0 saturated carbocycles. The van der Waals surface area contributed by atoms with E-state index in [0.29, 0.717) is 11.1 Å². The van der Waals surface area contributed by atoms with E-state index >= 15 is 0 Å². The molecule has 0 saturated heterocycles. The van der Waals surface area contributed by atoms with Crippen LogP contribution in [0.2, 0.25) is 0 Å². The highest BCUT2D eigenvalue weighted by molar-refractivity contribution is 5.93. The number of hydrogen-bond donors (Lipinski definition) is 1. The molecule has 2 aromatic rings. The summed E-state index contributed by atoms with van der Waals surface area (Å²) in [6.07, 6.45) is -0.0623. The Morgan fingerprint density at radius 2 is 1.81 bits per heavy atom. The third-order valence-electron chi connectivity index (χ3n) is 3.39. The summed E-state index contributed by atoms with van der Waals surface area (Å²) in [5, 5.41) is 11.3. The first-order valence-corrected chi connectivity index (χ1v) is 7.10. The Hall–Kier alpha value is -2.23. The van der Waals surface area contributed by atoms with Gasteiger partial charge >= 0.3 is 5.97 Å². The molecule has 112 valence electrons. The Kier molecular flexibility index (Phi) is 4.68. The van der Waals surface area contributed by atoms with Gasteiger partial charge in [0, 0.05) is 10.8 Å². The predicted molar refractivity (Wildman–Crippen MR) is 81.5 cm³/mol. The van der Waals surface area contributed by atoms with Gasteiger partial charge in [0.15, 0.2) is 6.10 Å². The van der Waals surface area contributed by atoms with Gasteiger partial charge in [0.1, 0.15) is 11.5 Å². The topological polar surface area (TPSA) is 55.8 Å². The second kappa shape index (κ2) is 6.48. The summed E-state index contributed by atoms with van der Waals surface area (Å²) < 4.78 is 11.0. The van der Waals surface area contributed by atoms with Gasteiger partial charge in [0.05, 0.1) is 6.10 Å². The lowest BCUT2D eigenvalue weighted by atomic mass is 10.1. The molecule has 4 nitrogen and oxygen atoms in total. The van der Waals surface area contributed by atoms with Crippen molar-refractivity contribution in [2.75, 3.05) is 0 Å². The maximum atomic E-state index is 11.9. The molecular formula is C17H20O4. The number of aromatic hydroxyl groups is 1. The number of phenols is 1. The van der Waals surface area contributed by atoms with Gasteiger partial charge in [0.2, 0.25) is 0 Å². The molecule has 0 spiro atoms. The highest BCUT2D eigenvalue weighted by Crippen LogP contribution is 2.31. The van der Waals surface area contributed by atoms with Gasteiger partial charge < -0.3 is 14.6 Å². The summed E-state index contributed by atoms with van der Waals surface area (Å²) in [4.78, 5) is 11.9. The molecule has 0 bridgehead atoms. The summed E-state index contributed by atoms with van der Waals surface area (Å²) in [6.45, 7) is 5.46. The lowest BCUT2D eigenvalue weighted by Gasteiger charge is -2.18. The molecule has 0 heterocycles. The molecule has 0 aliphatic heterocycles. The number of benzene rings is 2. The zero-order valence-corrected chi connectivity index (χ0v) is 12.5. The second-order valence-electron chi connectivity index (χ2n) is 5.04. The van der Waals surface area contributed by atoms with E-state index in [-0.39, 0.29) is 17.8 Å². The van der Waals surface area contributed by atoms with E-state index < -0.39 is 6.10 Å². The SMILES string of the molecule is CCC(C)OC(=O)C(C)Oc1cccc2c(O)cccc12. The standard InChI is InChI=1S/C17H20O4/c1-4-11(2)20-17(19)12(3)21-16-10-6-7-13-14(16)8-5-9-15(13)18/h5-12,18H,4H2,1-3H3. The zero-order valence-electron chi connectivity index (χ0n) is 12.5. The fourth-order valence-corrected chi connectivity index (χ4v) is 1.98. The van der Waals surface area contributed by atoms with Crippen LogP contribution in [0.15, 0.2) is 36.4 Å². The first kappa shape index (κ1) is 15.2. The van der Waals surface area contributed by atoms with E-state index in [1.165, 1.54) is 0 Å². The molecule has 0 amide bonds. The van der Waals surface area contributed by atoms with Crippen LogP contribution < -0.4 is 4.74 Å². The fourth-order valence-electron chi connectivity index (χ4n) is 1.98. The number of hydrogen-bond acceptors (Lipinski definition) is 4. The molecule has 21 heavy (non-hydrogen) atoms. The zero-order chi connectivity index (χ0) is 15.4. The van der Waals surface area contributed by atoms with Gasteiger partial charge in [-0.15, -0.1) is 0 Å². The highest BCUT2D eigenvalue weighted by atomic mass is 16.6. The largest absolute Gasteiger partial charge is 0.507 e. The van der Waals surface area contributed by atoms with Gasteiger partial charge in [-0.2, -0.15) is 0 Å². The number of rotatable bonds is 5. The maximum Gasteiger partial charge on any atom is 0.347 e. The van der Waals surface area contributed by atoms with Crippen LogP contribution in [0.1, 0.15) is 27.2 Å². The van der Waals surface area contributed by atoms with E-state index in [4.69, 9.17) is 9.47 Å². The van der Waals surface area contributed by atoms with Crippen molar-refractivity contribution in [3.8, 4) is 11.5 Å². The predicted octanol–water partition coefficient (Wildman–Crippen LogP) is 3.65. The van der Waals surface area contributed by atoms with Crippen LogP contribution in [0, 0.1) is 0 Å². The fraction of sp³-hybridized carbons (Fsp3) is 0.353. The first-order valence-electron chi connectivity index (χ1n) is 7.10. The van der Waals surface area contributed by atoms with E-state index in [0.717, 1.165) is 11.8 Å². The normalized spacial score (nSPS) is 13.7. The highest BCUT2D eigenvalue weighted by Gasteiger charge is 2.19. The average molecular weight is 288 g/mol. The molecule has 1 N–H and O–H groups in total. The third kappa shape index (κ3) is 3.45. The lowest BCUT2D eigenvalue weighted by molar-refractivity contribution is -0.155. The van der Waals surface area contributed by atoms with Crippen LogP contribution in [0.3, 0.4) is 0 Å². The van der Waals surface area contributed by atoms with Crippen LogP contribution in [0.25, 0.3) is 10.8 Å². The molecule has 0 aliphatic carbocycles. The maximum absolute atomic E-state index is 11.9. The van der Waals surface area contributed by atoms with Gasteiger partial charge in [-0.05, 0) is 32.4 Å². The van der Waals surface area contributed by atoms with Crippen LogP contribution in [-0.2, 0) is 9.53 Å². The van der Waals surface area contributed by atoms with Crippen LogP contribution in [0.5, 0.6) is 11.5 Å². The third-order valence-corrected chi connectivity index (χ3v) is 3.39. The number of carbonyl (C=O) groups is 1. The first-order chi connectivity index (χ1) is 10.0. The smallest absolute Gasteiger partial charge is 0.347 e. The van der Waals surface area contributed by atoms with Gasteiger partial charge in [-0.3, -0.25) is 0 Å². The van der Waals surface area contributed by atoms with Crippen molar-refractivity contribution in [2.45, 2.75) is 39.4 Å². The quantitative estimate of drug-likeness (QED) is 0.853. The number of esters is 1. The minimum absolute atomic E-state index is 0.125. The number of phenolic OH excluding ortho intramolecular Hbond substituents is 1. The molecule has 0 aliphatic rings. The molecule has 0 fully saturated rings. The Labute approximate surface area is 124 Å². The molecule has 4 heteroatoms. The van der Waals surface area contributed by atoms with Crippen LogP contribution in [-0.4, -0.2) is 23.3 Å². The van der Waals surface area contributed by atoms with Crippen LogP contribution in [0.4, 0.5) is 0 Å². The summed E-state index contributed by atoms with van der Waals surface area (Å²) in [7, 11) is 0. The van der Waals surface area contributed by atoms with Crippen molar-refractivity contribution in [1.82, 2.24) is 0 Å². The Bertz CT molecular complexity index is 636. The van der Waals surface area contributed by atoms with E-state index in [9.17, 15) is 9.90 Å². The minimum atomic E-state index is -0.702. The molecule has 2 unspecified atom stereocenters. The summed E-state index contributed by atoms with van der Waals surface area (Å²) in [5.74, 6) is 0.353. The van der Waals surface area contributed by atoms with E-state index in [1.807, 2.05) is 19.9 Å². The van der Waals surface area contributed by atoms with Crippen LogP contribution >= 0.6 is 0 Å². The second-order valence-corrected chi connectivity index (χ2v) is 5.04. The summed E-state index contributed by atoms with van der Waals surface area (Å²) in [6, 6.07) is 10.6. The van der Waals surface area contributed by atoms with Crippen molar-refractivity contribution >= 4 is 16.7 Å². The van der Waals surface area contributed by atoms with Crippen molar-refractivity contribution < 1.29 is 19.4 Å². The molecule has 2 atom stereocenters. The molecule has 2 rings (SSSR count). The van der Waals surface area contributed by atoms with Crippen molar-refractivity contribution in [3.05, 3.63) is 36.4 Å². The lowest BCUT2D eigenvalue weighted by Crippen LogP contribution is -2.29. The average Bonchev–Trinajstić information content (AvgIpc) is 2.48. The Morgan fingerprint density at radius 3 is 2.52 bits per heavy atom. The van der Waals surface area contributed by atoms with Gasteiger partial charge in [-0.1, -0.05) is 31.2 Å². The number of carbonyl (C=O) groups excluding carboxylic acids is 1. The summed E-state index contributed by atoms with van der Waals surface area (Å²) >= 11 is 0. The monoisotopic (exact) mass is 288 g/mol. The van der Waals surface area contributed by atoms with E-state index in [2.05, 4.69) is 0 Å². The van der Waals surface area contributed by atoms with Gasteiger partial charge in [0.25, 0.3) is 0 Å². The Balaban J connectivity index is 2.20.